The largest absolute Gasteiger partial charge is 0.454 e. The molecule has 2 aromatic carbocycles. The van der Waals surface area contributed by atoms with Crippen LogP contribution in [0, 0.1) is 0 Å². The van der Waals surface area contributed by atoms with E-state index in [9.17, 15) is 8.42 Å². The molecule has 0 saturated heterocycles. The molecule has 0 atom stereocenters. The van der Waals surface area contributed by atoms with E-state index in [1.165, 1.54) is 10.5 Å². The summed E-state index contributed by atoms with van der Waals surface area (Å²) >= 11 is 0. The predicted molar refractivity (Wildman–Crippen MR) is 104 cm³/mol. The number of hydrogen-bond acceptors (Lipinski definition) is 5. The van der Waals surface area contributed by atoms with Crippen molar-refractivity contribution >= 4 is 10.0 Å². The zero-order valence-corrected chi connectivity index (χ0v) is 16.3. The van der Waals surface area contributed by atoms with Crippen molar-refractivity contribution in [2.24, 2.45) is 0 Å². The fraction of sp³-hybridized carbons (Fsp3) is 0.250. The van der Waals surface area contributed by atoms with Gasteiger partial charge in [-0.05, 0) is 23.3 Å². The third-order valence-electron chi connectivity index (χ3n) is 4.58. The molecule has 3 aromatic rings. The first-order chi connectivity index (χ1) is 13.6. The van der Waals surface area contributed by atoms with E-state index in [0.29, 0.717) is 24.6 Å². The molecule has 0 unspecified atom stereocenters. The highest BCUT2D eigenvalue weighted by molar-refractivity contribution is 7.89. The minimum absolute atomic E-state index is 0.186. The van der Waals surface area contributed by atoms with Gasteiger partial charge < -0.3 is 9.47 Å². The van der Waals surface area contributed by atoms with Crippen LogP contribution in [0.4, 0.5) is 0 Å². The number of sulfonamides is 1. The SMILES string of the molecule is CCN(Cc1ccc2c(c1)OCO2)S(=O)(=O)c1cnn(Cc2ccccc2)c1. The van der Waals surface area contributed by atoms with Crippen molar-refractivity contribution in [1.82, 2.24) is 14.1 Å². The van der Waals surface area contributed by atoms with Gasteiger partial charge in [0, 0.05) is 19.3 Å². The number of fused-ring (bicyclic) bond motifs is 1. The van der Waals surface area contributed by atoms with Gasteiger partial charge in [-0.25, -0.2) is 8.42 Å². The minimum atomic E-state index is -3.66. The molecule has 0 radical (unpaired) electrons. The Balaban J connectivity index is 1.52. The first-order valence-corrected chi connectivity index (χ1v) is 10.5. The lowest BCUT2D eigenvalue weighted by Gasteiger charge is -2.19. The van der Waals surface area contributed by atoms with Gasteiger partial charge in [-0.15, -0.1) is 0 Å². The van der Waals surface area contributed by atoms with E-state index in [2.05, 4.69) is 5.10 Å². The minimum Gasteiger partial charge on any atom is -0.454 e. The zero-order valence-electron chi connectivity index (χ0n) is 15.5. The van der Waals surface area contributed by atoms with E-state index in [1.807, 2.05) is 49.4 Å². The average Bonchev–Trinajstić information content (AvgIpc) is 3.36. The highest BCUT2D eigenvalue weighted by atomic mass is 32.2. The molecule has 2 heterocycles. The van der Waals surface area contributed by atoms with Crippen molar-refractivity contribution in [1.29, 1.82) is 0 Å². The molecule has 4 rings (SSSR count). The van der Waals surface area contributed by atoms with Crippen molar-refractivity contribution in [2.75, 3.05) is 13.3 Å². The molecule has 0 saturated carbocycles. The van der Waals surface area contributed by atoms with Crippen LogP contribution in [0.25, 0.3) is 0 Å². The zero-order chi connectivity index (χ0) is 19.6. The topological polar surface area (TPSA) is 73.7 Å². The Hall–Kier alpha value is -2.84. The molecule has 0 aliphatic carbocycles. The number of rotatable bonds is 7. The van der Waals surface area contributed by atoms with Gasteiger partial charge in [-0.1, -0.05) is 43.3 Å². The van der Waals surface area contributed by atoms with Crippen molar-refractivity contribution in [3.63, 3.8) is 0 Å². The van der Waals surface area contributed by atoms with Crippen LogP contribution in [-0.4, -0.2) is 35.8 Å². The summed E-state index contributed by atoms with van der Waals surface area (Å²) < 4.78 is 39.9. The molecule has 0 spiro atoms. The summed E-state index contributed by atoms with van der Waals surface area (Å²) in [7, 11) is -3.66. The lowest BCUT2D eigenvalue weighted by Crippen LogP contribution is -2.30. The average molecular weight is 399 g/mol. The number of aromatic nitrogens is 2. The standard InChI is InChI=1S/C20H21N3O4S/c1-2-23(13-17-8-9-19-20(10-17)27-15-26-19)28(24,25)18-11-21-22(14-18)12-16-6-4-3-5-7-16/h3-11,14H,2,12-13,15H2,1H3. The van der Waals surface area contributed by atoms with E-state index >= 15 is 0 Å². The summed E-state index contributed by atoms with van der Waals surface area (Å²) in [5, 5.41) is 4.22. The first kappa shape index (κ1) is 18.5. The Kier molecular flexibility index (Phi) is 5.06. The maximum Gasteiger partial charge on any atom is 0.246 e. The van der Waals surface area contributed by atoms with Gasteiger partial charge in [0.25, 0.3) is 0 Å². The van der Waals surface area contributed by atoms with E-state index in [0.717, 1.165) is 11.1 Å². The fourth-order valence-electron chi connectivity index (χ4n) is 3.09. The van der Waals surface area contributed by atoms with Crippen LogP contribution in [-0.2, 0) is 23.1 Å². The monoisotopic (exact) mass is 399 g/mol. The van der Waals surface area contributed by atoms with Crippen molar-refractivity contribution in [3.8, 4) is 11.5 Å². The molecule has 0 fully saturated rings. The summed E-state index contributed by atoms with van der Waals surface area (Å²) in [5.41, 5.74) is 1.90. The molecule has 28 heavy (non-hydrogen) atoms. The molecule has 0 amide bonds. The second-order valence-electron chi connectivity index (χ2n) is 6.48. The van der Waals surface area contributed by atoms with E-state index in [-0.39, 0.29) is 18.2 Å². The second kappa shape index (κ2) is 7.65. The lowest BCUT2D eigenvalue weighted by atomic mass is 10.2. The molecule has 1 aliphatic rings. The van der Waals surface area contributed by atoms with Gasteiger partial charge in [-0.3, -0.25) is 4.68 Å². The molecule has 146 valence electrons. The Bertz CT molecular complexity index is 1060. The number of nitrogens with zero attached hydrogens (tertiary/aromatic N) is 3. The van der Waals surface area contributed by atoms with E-state index < -0.39 is 10.0 Å². The third kappa shape index (κ3) is 3.74. The van der Waals surface area contributed by atoms with Crippen LogP contribution in [0.15, 0.2) is 65.8 Å². The van der Waals surface area contributed by atoms with Gasteiger partial charge in [-0.2, -0.15) is 9.40 Å². The van der Waals surface area contributed by atoms with Crippen LogP contribution in [0.3, 0.4) is 0 Å². The van der Waals surface area contributed by atoms with Crippen LogP contribution in [0.1, 0.15) is 18.1 Å². The molecule has 1 aliphatic heterocycles. The first-order valence-electron chi connectivity index (χ1n) is 9.01. The van der Waals surface area contributed by atoms with Crippen LogP contribution >= 0.6 is 0 Å². The highest BCUT2D eigenvalue weighted by Gasteiger charge is 2.25. The quantitative estimate of drug-likeness (QED) is 0.611. The normalized spacial score (nSPS) is 13.2. The Morgan fingerprint density at radius 1 is 1.07 bits per heavy atom. The van der Waals surface area contributed by atoms with Gasteiger partial charge in [0.05, 0.1) is 12.7 Å². The van der Waals surface area contributed by atoms with E-state index in [4.69, 9.17) is 9.47 Å². The summed E-state index contributed by atoms with van der Waals surface area (Å²) in [6.45, 7) is 3.12. The predicted octanol–water partition coefficient (Wildman–Crippen LogP) is 2.87. The van der Waals surface area contributed by atoms with Crippen molar-refractivity contribution in [2.45, 2.75) is 24.9 Å². The number of ether oxygens (including phenoxy) is 2. The Labute approximate surface area is 164 Å². The third-order valence-corrected chi connectivity index (χ3v) is 6.46. The molecule has 0 N–H and O–H groups in total. The Morgan fingerprint density at radius 2 is 1.86 bits per heavy atom. The van der Waals surface area contributed by atoms with Gasteiger partial charge in [0.1, 0.15) is 4.90 Å². The van der Waals surface area contributed by atoms with Gasteiger partial charge in [0.15, 0.2) is 11.5 Å². The smallest absolute Gasteiger partial charge is 0.246 e. The molecule has 1 aromatic heterocycles. The van der Waals surface area contributed by atoms with Gasteiger partial charge >= 0.3 is 0 Å². The summed E-state index contributed by atoms with van der Waals surface area (Å²) in [4.78, 5) is 0.186. The van der Waals surface area contributed by atoms with Crippen molar-refractivity contribution < 1.29 is 17.9 Å². The van der Waals surface area contributed by atoms with Gasteiger partial charge in [0.2, 0.25) is 16.8 Å². The van der Waals surface area contributed by atoms with Crippen molar-refractivity contribution in [3.05, 3.63) is 72.1 Å². The highest BCUT2D eigenvalue weighted by Crippen LogP contribution is 2.33. The molecular formula is C20H21N3O4S. The molecule has 7 nitrogen and oxygen atoms in total. The maximum atomic E-state index is 13.1. The number of hydrogen-bond donors (Lipinski definition) is 0. The summed E-state index contributed by atoms with van der Waals surface area (Å²) in [6.07, 6.45) is 2.98. The van der Waals surface area contributed by atoms with Crippen LogP contribution < -0.4 is 9.47 Å². The second-order valence-corrected chi connectivity index (χ2v) is 8.42. The molecule has 8 heteroatoms. The fourth-order valence-corrected chi connectivity index (χ4v) is 4.49. The molecule has 0 bridgehead atoms. The Morgan fingerprint density at radius 3 is 2.64 bits per heavy atom. The van der Waals surface area contributed by atoms with Crippen LogP contribution in [0.5, 0.6) is 11.5 Å². The van der Waals surface area contributed by atoms with E-state index in [1.54, 1.807) is 16.9 Å². The number of benzene rings is 2. The summed E-state index contributed by atoms with van der Waals surface area (Å²) in [6, 6.07) is 15.3. The van der Waals surface area contributed by atoms with Crippen LogP contribution in [0.2, 0.25) is 0 Å². The molecular weight excluding hydrogens is 378 g/mol. The lowest BCUT2D eigenvalue weighted by molar-refractivity contribution is 0.174. The summed E-state index contributed by atoms with van der Waals surface area (Å²) in [5.74, 6) is 1.32. The maximum absolute atomic E-state index is 13.1.